The van der Waals surface area contributed by atoms with Crippen LogP contribution in [0.15, 0.2) is 65.1 Å². The minimum atomic E-state index is -0.211. The van der Waals surface area contributed by atoms with Gasteiger partial charge in [-0.3, -0.25) is 0 Å². The Morgan fingerprint density at radius 2 is 1.48 bits per heavy atom. The Labute approximate surface area is 131 Å². The molecular formula is C18H15BrFN. The van der Waals surface area contributed by atoms with E-state index in [0.29, 0.717) is 0 Å². The summed E-state index contributed by atoms with van der Waals surface area (Å²) in [5, 5.41) is 5.69. The maximum atomic E-state index is 13.1. The molecule has 0 radical (unpaired) electrons. The summed E-state index contributed by atoms with van der Waals surface area (Å²) < 4.78 is 14.2. The fraction of sp³-hybridized carbons (Fsp3) is 0.111. The molecule has 0 amide bonds. The lowest BCUT2D eigenvalue weighted by molar-refractivity contribution is 0.623. The van der Waals surface area contributed by atoms with Gasteiger partial charge in [-0.25, -0.2) is 4.39 Å². The maximum Gasteiger partial charge on any atom is 0.123 e. The van der Waals surface area contributed by atoms with E-state index in [4.69, 9.17) is 0 Å². The third-order valence-electron chi connectivity index (χ3n) is 3.65. The Hall–Kier alpha value is -1.71. The number of halogens is 2. The summed E-state index contributed by atoms with van der Waals surface area (Å²) in [6.07, 6.45) is 0. The van der Waals surface area contributed by atoms with Gasteiger partial charge in [0.25, 0.3) is 0 Å². The fourth-order valence-electron chi connectivity index (χ4n) is 2.60. The molecule has 1 unspecified atom stereocenters. The first-order chi connectivity index (χ1) is 10.2. The van der Waals surface area contributed by atoms with Crippen LogP contribution in [0.1, 0.15) is 17.2 Å². The Balaban J connectivity index is 2.04. The second kappa shape index (κ2) is 5.96. The van der Waals surface area contributed by atoms with Crippen LogP contribution in [0.25, 0.3) is 10.8 Å². The fourth-order valence-corrected chi connectivity index (χ4v) is 2.97. The lowest BCUT2D eigenvalue weighted by Gasteiger charge is -2.18. The number of rotatable bonds is 3. The monoisotopic (exact) mass is 343 g/mol. The quantitative estimate of drug-likeness (QED) is 0.701. The smallest absolute Gasteiger partial charge is 0.123 e. The zero-order valence-corrected chi connectivity index (χ0v) is 13.2. The highest BCUT2D eigenvalue weighted by atomic mass is 79.9. The first kappa shape index (κ1) is 14.2. The van der Waals surface area contributed by atoms with Gasteiger partial charge in [-0.1, -0.05) is 46.3 Å². The zero-order chi connectivity index (χ0) is 14.8. The molecule has 0 spiro atoms. The molecule has 1 N–H and O–H groups in total. The molecule has 0 saturated carbocycles. The number of benzene rings is 3. The van der Waals surface area contributed by atoms with Crippen molar-refractivity contribution in [3.63, 3.8) is 0 Å². The lowest BCUT2D eigenvalue weighted by atomic mass is 9.96. The van der Waals surface area contributed by atoms with Crippen molar-refractivity contribution >= 4 is 26.7 Å². The van der Waals surface area contributed by atoms with Gasteiger partial charge in [0.15, 0.2) is 0 Å². The summed E-state index contributed by atoms with van der Waals surface area (Å²) in [5.41, 5.74) is 2.22. The normalized spacial score (nSPS) is 12.5. The first-order valence-electron chi connectivity index (χ1n) is 6.79. The molecular weight excluding hydrogens is 329 g/mol. The Morgan fingerprint density at radius 3 is 2.19 bits per heavy atom. The Bertz CT molecular complexity index is 768. The van der Waals surface area contributed by atoms with E-state index < -0.39 is 0 Å². The van der Waals surface area contributed by atoms with Crippen molar-refractivity contribution in [2.45, 2.75) is 6.04 Å². The van der Waals surface area contributed by atoms with Crippen molar-refractivity contribution in [3.8, 4) is 0 Å². The van der Waals surface area contributed by atoms with Gasteiger partial charge in [-0.15, -0.1) is 0 Å². The number of hydrogen-bond donors (Lipinski definition) is 1. The van der Waals surface area contributed by atoms with Gasteiger partial charge in [0.2, 0.25) is 0 Å². The van der Waals surface area contributed by atoms with Gasteiger partial charge >= 0.3 is 0 Å². The molecule has 0 aliphatic carbocycles. The van der Waals surface area contributed by atoms with Crippen LogP contribution in [0.4, 0.5) is 4.39 Å². The number of nitrogens with one attached hydrogen (secondary N) is 1. The Kier molecular flexibility index (Phi) is 4.04. The molecule has 0 heterocycles. The van der Waals surface area contributed by atoms with E-state index in [1.54, 1.807) is 0 Å². The van der Waals surface area contributed by atoms with Crippen LogP contribution in [-0.4, -0.2) is 7.05 Å². The molecule has 0 aliphatic heterocycles. The largest absolute Gasteiger partial charge is 0.309 e. The topological polar surface area (TPSA) is 12.0 Å². The second-order valence-electron chi connectivity index (χ2n) is 5.02. The highest BCUT2D eigenvalue weighted by Crippen LogP contribution is 2.27. The molecule has 0 aliphatic rings. The van der Waals surface area contributed by atoms with Gasteiger partial charge in [0, 0.05) is 4.47 Å². The van der Waals surface area contributed by atoms with Crippen molar-refractivity contribution in [2.75, 3.05) is 7.05 Å². The first-order valence-corrected chi connectivity index (χ1v) is 7.58. The predicted octanol–water partition coefficient (Wildman–Crippen LogP) is 5.05. The second-order valence-corrected chi connectivity index (χ2v) is 5.94. The van der Waals surface area contributed by atoms with E-state index in [1.807, 2.05) is 25.2 Å². The lowest BCUT2D eigenvalue weighted by Crippen LogP contribution is -2.17. The molecule has 0 saturated heterocycles. The average Bonchev–Trinajstić information content (AvgIpc) is 2.50. The van der Waals surface area contributed by atoms with Gasteiger partial charge < -0.3 is 5.32 Å². The molecule has 1 nitrogen and oxygen atoms in total. The highest BCUT2D eigenvalue weighted by molar-refractivity contribution is 9.10. The average molecular weight is 344 g/mol. The molecule has 0 fully saturated rings. The molecule has 0 aromatic heterocycles. The van der Waals surface area contributed by atoms with Crippen molar-refractivity contribution in [1.29, 1.82) is 0 Å². The summed E-state index contributed by atoms with van der Waals surface area (Å²) in [6.45, 7) is 0. The van der Waals surface area contributed by atoms with Crippen molar-refractivity contribution in [3.05, 3.63) is 82.1 Å². The van der Waals surface area contributed by atoms with Crippen LogP contribution < -0.4 is 5.32 Å². The molecule has 3 aromatic rings. The van der Waals surface area contributed by atoms with Crippen LogP contribution >= 0.6 is 15.9 Å². The van der Waals surface area contributed by atoms with E-state index in [2.05, 4.69) is 51.6 Å². The standard InChI is InChI=1S/C18H15BrFN/c1-21-18(12-5-8-17(20)9-6-12)15-3-2-14-11-16(19)7-4-13(14)10-15/h2-11,18,21H,1H3. The number of hydrogen-bond acceptors (Lipinski definition) is 1. The highest BCUT2D eigenvalue weighted by Gasteiger charge is 2.12. The third-order valence-corrected chi connectivity index (χ3v) is 4.14. The van der Waals surface area contributed by atoms with Crippen LogP contribution in [0, 0.1) is 5.82 Å². The van der Waals surface area contributed by atoms with Crippen LogP contribution in [0.2, 0.25) is 0 Å². The van der Waals surface area contributed by atoms with Crippen LogP contribution in [0.3, 0.4) is 0 Å². The molecule has 106 valence electrons. The zero-order valence-electron chi connectivity index (χ0n) is 11.6. The molecule has 3 aromatic carbocycles. The summed E-state index contributed by atoms with van der Waals surface area (Å²) >= 11 is 3.49. The number of fused-ring (bicyclic) bond motifs is 1. The van der Waals surface area contributed by atoms with Gasteiger partial charge in [-0.2, -0.15) is 0 Å². The molecule has 3 rings (SSSR count). The summed E-state index contributed by atoms with van der Waals surface area (Å²) in [4.78, 5) is 0. The van der Waals surface area contributed by atoms with Crippen LogP contribution in [-0.2, 0) is 0 Å². The Morgan fingerprint density at radius 1 is 0.857 bits per heavy atom. The molecule has 1 atom stereocenters. The van der Waals surface area contributed by atoms with E-state index in [-0.39, 0.29) is 11.9 Å². The van der Waals surface area contributed by atoms with Gasteiger partial charge in [0.05, 0.1) is 6.04 Å². The van der Waals surface area contributed by atoms with Crippen LogP contribution in [0.5, 0.6) is 0 Å². The third kappa shape index (κ3) is 2.99. The van der Waals surface area contributed by atoms with E-state index in [0.717, 1.165) is 10.0 Å². The predicted molar refractivity (Wildman–Crippen MR) is 89.0 cm³/mol. The summed E-state index contributed by atoms with van der Waals surface area (Å²) in [5.74, 6) is -0.211. The SMILES string of the molecule is CNC(c1ccc(F)cc1)c1ccc2cc(Br)ccc2c1. The molecule has 21 heavy (non-hydrogen) atoms. The van der Waals surface area contributed by atoms with E-state index >= 15 is 0 Å². The van der Waals surface area contributed by atoms with Crippen molar-refractivity contribution < 1.29 is 4.39 Å². The minimum Gasteiger partial charge on any atom is -0.309 e. The van der Waals surface area contributed by atoms with Crippen molar-refractivity contribution in [1.82, 2.24) is 5.32 Å². The molecule has 3 heteroatoms. The minimum absolute atomic E-state index is 0.0543. The van der Waals surface area contributed by atoms with Gasteiger partial charge in [0.1, 0.15) is 5.82 Å². The maximum absolute atomic E-state index is 13.1. The van der Waals surface area contributed by atoms with Gasteiger partial charge in [-0.05, 0) is 59.3 Å². The van der Waals surface area contributed by atoms with E-state index in [1.165, 1.54) is 28.5 Å². The van der Waals surface area contributed by atoms with E-state index in [9.17, 15) is 4.39 Å². The van der Waals surface area contributed by atoms with Crippen molar-refractivity contribution in [2.24, 2.45) is 0 Å². The summed E-state index contributed by atoms with van der Waals surface area (Å²) in [7, 11) is 1.92. The summed E-state index contributed by atoms with van der Waals surface area (Å²) in [6, 6.07) is 19.3. The molecule has 0 bridgehead atoms.